The van der Waals surface area contributed by atoms with E-state index >= 15 is 0 Å². The number of aliphatic hydroxyl groups excluding tert-OH is 1. The van der Waals surface area contributed by atoms with E-state index in [2.05, 4.69) is 5.32 Å². The van der Waals surface area contributed by atoms with E-state index in [9.17, 15) is 18.3 Å². The monoisotopic (exact) mass is 327 g/mol. The molecule has 0 saturated carbocycles. The van der Waals surface area contributed by atoms with Crippen molar-refractivity contribution in [3.05, 3.63) is 28.8 Å². The van der Waals surface area contributed by atoms with Crippen molar-refractivity contribution in [2.45, 2.75) is 12.3 Å². The first-order valence-corrected chi connectivity index (χ1v) is 6.58. The lowest BCUT2D eigenvalue weighted by molar-refractivity contribution is -0.137. The SMILES string of the molecule is COCCOCC(O)CNc1c(Cl)cccc1C(F)(F)F. The second-order valence-corrected chi connectivity index (χ2v) is 4.67. The molecule has 2 N–H and O–H groups in total. The first-order chi connectivity index (χ1) is 9.86. The van der Waals surface area contributed by atoms with Gasteiger partial charge in [-0.1, -0.05) is 17.7 Å². The zero-order valence-electron chi connectivity index (χ0n) is 11.4. The van der Waals surface area contributed by atoms with Crippen LogP contribution < -0.4 is 5.32 Å². The molecule has 8 heteroatoms. The van der Waals surface area contributed by atoms with Crippen molar-refractivity contribution in [3.8, 4) is 0 Å². The second kappa shape index (κ2) is 8.43. The van der Waals surface area contributed by atoms with Crippen molar-refractivity contribution in [1.29, 1.82) is 0 Å². The Balaban J connectivity index is 2.59. The first kappa shape index (κ1) is 18.0. The van der Waals surface area contributed by atoms with E-state index in [1.807, 2.05) is 0 Å². The molecule has 0 fully saturated rings. The van der Waals surface area contributed by atoms with Crippen molar-refractivity contribution in [2.24, 2.45) is 0 Å². The number of rotatable bonds is 8. The molecule has 1 unspecified atom stereocenters. The van der Waals surface area contributed by atoms with Crippen molar-refractivity contribution in [3.63, 3.8) is 0 Å². The minimum absolute atomic E-state index is 0.0117. The fourth-order valence-corrected chi connectivity index (χ4v) is 1.82. The van der Waals surface area contributed by atoms with Crippen LogP contribution in [0.25, 0.3) is 0 Å². The van der Waals surface area contributed by atoms with Crippen molar-refractivity contribution >= 4 is 17.3 Å². The number of anilines is 1. The smallest absolute Gasteiger partial charge is 0.389 e. The number of alkyl halides is 3. The molecule has 0 aliphatic heterocycles. The van der Waals surface area contributed by atoms with E-state index in [4.69, 9.17) is 21.1 Å². The predicted octanol–water partition coefficient (Wildman–Crippen LogP) is 2.79. The minimum Gasteiger partial charge on any atom is -0.389 e. The number of hydrogen-bond donors (Lipinski definition) is 2. The highest BCUT2D eigenvalue weighted by Gasteiger charge is 2.34. The van der Waals surface area contributed by atoms with Crippen molar-refractivity contribution in [1.82, 2.24) is 0 Å². The lowest BCUT2D eigenvalue weighted by Gasteiger charge is -2.18. The molecular weight excluding hydrogens is 311 g/mol. The van der Waals surface area contributed by atoms with Gasteiger partial charge in [0.1, 0.15) is 0 Å². The summed E-state index contributed by atoms with van der Waals surface area (Å²) in [6.07, 6.45) is -5.48. The molecule has 4 nitrogen and oxygen atoms in total. The Morgan fingerprint density at radius 3 is 2.67 bits per heavy atom. The molecule has 0 radical (unpaired) electrons. The second-order valence-electron chi connectivity index (χ2n) is 4.26. The summed E-state index contributed by atoms with van der Waals surface area (Å²) in [5.41, 5.74) is -1.12. The van der Waals surface area contributed by atoms with Crippen LogP contribution in [-0.4, -0.2) is 44.7 Å². The Bertz CT molecular complexity index is 443. The Morgan fingerprint density at radius 1 is 1.33 bits per heavy atom. The third-order valence-electron chi connectivity index (χ3n) is 2.58. The summed E-state index contributed by atoms with van der Waals surface area (Å²) in [5, 5.41) is 12.1. The summed E-state index contributed by atoms with van der Waals surface area (Å²) < 4.78 is 48.4. The number of ether oxygens (including phenoxy) is 2. The van der Waals surface area contributed by atoms with Crippen LogP contribution in [0, 0.1) is 0 Å². The van der Waals surface area contributed by atoms with Crippen LogP contribution in [0.1, 0.15) is 5.56 Å². The van der Waals surface area contributed by atoms with Crippen LogP contribution >= 0.6 is 11.6 Å². The zero-order chi connectivity index (χ0) is 15.9. The van der Waals surface area contributed by atoms with Gasteiger partial charge in [-0.25, -0.2) is 0 Å². The molecule has 1 atom stereocenters. The molecule has 0 bridgehead atoms. The summed E-state index contributed by atoms with van der Waals surface area (Å²) in [6, 6.07) is 3.50. The van der Waals surface area contributed by atoms with Gasteiger partial charge in [-0.3, -0.25) is 0 Å². The summed E-state index contributed by atoms with van der Waals surface area (Å²) in [6.45, 7) is 0.554. The van der Waals surface area contributed by atoms with E-state index in [-0.39, 0.29) is 23.9 Å². The molecule has 0 saturated heterocycles. The summed E-state index contributed by atoms with van der Waals surface area (Å²) >= 11 is 5.77. The number of hydrogen-bond acceptors (Lipinski definition) is 4. The molecular formula is C13H17ClF3NO3. The summed E-state index contributed by atoms with van der Waals surface area (Å²) in [7, 11) is 1.51. The topological polar surface area (TPSA) is 50.7 Å². The van der Waals surface area contributed by atoms with E-state index in [0.717, 1.165) is 6.07 Å². The maximum absolute atomic E-state index is 12.8. The largest absolute Gasteiger partial charge is 0.418 e. The lowest BCUT2D eigenvalue weighted by Crippen LogP contribution is -2.26. The molecule has 120 valence electrons. The van der Waals surface area contributed by atoms with Crippen LogP contribution in [0.2, 0.25) is 5.02 Å². The van der Waals surface area contributed by atoms with Crippen molar-refractivity contribution < 1.29 is 27.8 Å². The number of halogens is 4. The Morgan fingerprint density at radius 2 is 2.05 bits per heavy atom. The van der Waals surface area contributed by atoms with Gasteiger partial charge in [-0.15, -0.1) is 0 Å². The molecule has 21 heavy (non-hydrogen) atoms. The molecule has 0 heterocycles. The molecule has 1 rings (SSSR count). The van der Waals surface area contributed by atoms with Gasteiger partial charge in [-0.05, 0) is 12.1 Å². The third kappa shape index (κ3) is 6.09. The minimum atomic E-state index is -4.52. The molecule has 1 aromatic rings. The van der Waals surface area contributed by atoms with Gasteiger partial charge in [-0.2, -0.15) is 13.2 Å². The maximum Gasteiger partial charge on any atom is 0.418 e. The normalized spacial score (nSPS) is 13.2. The number of aliphatic hydroxyl groups is 1. The van der Waals surface area contributed by atoms with Crippen LogP contribution in [0.3, 0.4) is 0 Å². The van der Waals surface area contributed by atoms with Gasteiger partial charge < -0.3 is 19.9 Å². The van der Waals surface area contributed by atoms with E-state index < -0.39 is 17.8 Å². The van der Waals surface area contributed by atoms with E-state index in [1.54, 1.807) is 0 Å². The summed E-state index contributed by atoms with van der Waals surface area (Å²) in [5.74, 6) is 0. The van der Waals surface area contributed by atoms with Gasteiger partial charge in [0.05, 0.1) is 42.2 Å². The van der Waals surface area contributed by atoms with Gasteiger partial charge in [0.15, 0.2) is 0 Å². The van der Waals surface area contributed by atoms with Crippen molar-refractivity contribution in [2.75, 3.05) is 38.8 Å². The van der Waals surface area contributed by atoms with Crippen LogP contribution in [0.5, 0.6) is 0 Å². The molecule has 0 spiro atoms. The third-order valence-corrected chi connectivity index (χ3v) is 2.89. The van der Waals surface area contributed by atoms with E-state index in [1.165, 1.54) is 19.2 Å². The van der Waals surface area contributed by atoms with Gasteiger partial charge >= 0.3 is 6.18 Å². The molecule has 0 aliphatic carbocycles. The average molecular weight is 328 g/mol. The van der Waals surface area contributed by atoms with Gasteiger partial charge in [0.2, 0.25) is 0 Å². The lowest BCUT2D eigenvalue weighted by atomic mass is 10.1. The highest BCUT2D eigenvalue weighted by atomic mass is 35.5. The predicted molar refractivity (Wildman–Crippen MR) is 73.6 cm³/mol. The number of methoxy groups -OCH3 is 1. The summed E-state index contributed by atoms with van der Waals surface area (Å²) in [4.78, 5) is 0. The Labute approximate surface area is 125 Å². The fraction of sp³-hybridized carbons (Fsp3) is 0.538. The molecule has 1 aromatic carbocycles. The molecule has 0 aliphatic rings. The number of benzene rings is 1. The number of nitrogens with one attached hydrogen (secondary N) is 1. The highest BCUT2D eigenvalue weighted by Crippen LogP contribution is 2.38. The Kier molecular flexibility index (Phi) is 7.24. The number of para-hydroxylation sites is 1. The highest BCUT2D eigenvalue weighted by molar-refractivity contribution is 6.33. The van der Waals surface area contributed by atoms with Gasteiger partial charge in [0.25, 0.3) is 0 Å². The first-order valence-electron chi connectivity index (χ1n) is 6.20. The van der Waals surface area contributed by atoms with E-state index in [0.29, 0.717) is 13.2 Å². The zero-order valence-corrected chi connectivity index (χ0v) is 12.2. The average Bonchev–Trinajstić information content (AvgIpc) is 2.41. The molecule has 0 amide bonds. The van der Waals surface area contributed by atoms with Crippen LogP contribution in [0.15, 0.2) is 18.2 Å². The molecule has 0 aromatic heterocycles. The maximum atomic E-state index is 12.8. The van der Waals surface area contributed by atoms with Gasteiger partial charge in [0, 0.05) is 13.7 Å². The van der Waals surface area contributed by atoms with Crippen LogP contribution in [0.4, 0.5) is 18.9 Å². The fourth-order valence-electron chi connectivity index (χ4n) is 1.58. The Hall–Kier alpha value is -1.02. The quantitative estimate of drug-likeness (QED) is 0.721. The standard InChI is InChI=1S/C13H17ClF3NO3/c1-20-5-6-21-8-9(19)7-18-12-10(13(15,16)17)3-2-4-11(12)14/h2-4,9,18-19H,5-8H2,1H3. The van der Waals surface area contributed by atoms with Crippen LogP contribution in [-0.2, 0) is 15.7 Å².